The molecule has 0 fully saturated rings. The molecule has 1 nitrogen and oxygen atoms in total. The molecule has 0 aliphatic carbocycles. The van der Waals surface area contributed by atoms with Crippen LogP contribution in [0, 0.1) is 0 Å². The Bertz CT molecular complexity index is 65.6. The quantitative estimate of drug-likeness (QED) is 0.383. The van der Waals surface area contributed by atoms with Crippen LogP contribution >= 0.6 is 8.46 Å². The Morgan fingerprint density at radius 1 is 1.67 bits per heavy atom. The fourth-order valence-electron chi connectivity index (χ4n) is 0.0960. The van der Waals surface area contributed by atoms with Crippen molar-refractivity contribution in [3.8, 4) is 0 Å². The molecule has 0 unspecified atom stereocenters. The van der Waals surface area contributed by atoms with E-state index in [9.17, 15) is 4.57 Å². The van der Waals surface area contributed by atoms with E-state index >= 15 is 0 Å². The summed E-state index contributed by atoms with van der Waals surface area (Å²) in [6.45, 7) is 3.37. The Balaban J connectivity index is 3.17. The van der Waals surface area contributed by atoms with Crippen molar-refractivity contribution in [3.05, 3.63) is 24.5 Å². The molecule has 6 heavy (non-hydrogen) atoms. The zero-order valence-corrected chi connectivity index (χ0v) is 4.19. The van der Waals surface area contributed by atoms with Crippen molar-refractivity contribution < 1.29 is 4.57 Å². The average Bonchev–Trinajstić information content (AvgIpc) is 1.61. The zero-order chi connectivity index (χ0) is 4.83. The molecule has 0 heterocycles. The molecular formula is C4H5OP. The zero-order valence-electron chi connectivity index (χ0n) is 3.29. The highest BCUT2D eigenvalue weighted by Gasteiger charge is 1.54. The largest absolute Gasteiger partial charge is 0.270 e. The molecule has 0 aromatic carbocycles. The fraction of sp³-hybridized carbons (Fsp3) is 0. The van der Waals surface area contributed by atoms with Crippen LogP contribution in [0.15, 0.2) is 24.5 Å². The maximum Gasteiger partial charge on any atom is 0.184 e. The lowest BCUT2D eigenvalue weighted by atomic mass is 10.6. The first kappa shape index (κ1) is 5.58. The highest BCUT2D eigenvalue weighted by Crippen LogP contribution is 1.90. The fourth-order valence-corrected chi connectivity index (χ4v) is 0.288. The third-order valence-electron chi connectivity index (χ3n) is 0.283. The van der Waals surface area contributed by atoms with Crippen LogP contribution in [-0.2, 0) is 4.57 Å². The van der Waals surface area contributed by atoms with E-state index in [0.717, 1.165) is 0 Å². The van der Waals surface area contributed by atoms with E-state index in [-0.39, 0.29) is 8.46 Å². The molecule has 0 saturated heterocycles. The van der Waals surface area contributed by atoms with Crippen molar-refractivity contribution in [2.24, 2.45) is 0 Å². The Morgan fingerprint density at radius 3 is 2.50 bits per heavy atom. The summed E-state index contributed by atoms with van der Waals surface area (Å²) in [5, 5.41) is 0. The SMILES string of the molecule is C=CC=CP=O. The van der Waals surface area contributed by atoms with Gasteiger partial charge >= 0.3 is 0 Å². The maximum atomic E-state index is 9.53. The molecule has 0 saturated carbocycles. The van der Waals surface area contributed by atoms with Gasteiger partial charge in [0.25, 0.3) is 0 Å². The van der Waals surface area contributed by atoms with Gasteiger partial charge < -0.3 is 0 Å². The second-order valence-electron chi connectivity index (χ2n) is 0.683. The molecule has 0 rings (SSSR count). The number of rotatable bonds is 2. The topological polar surface area (TPSA) is 17.1 Å². The van der Waals surface area contributed by atoms with Gasteiger partial charge in [0.2, 0.25) is 0 Å². The normalized spacial score (nSPS) is 10.0. The van der Waals surface area contributed by atoms with Crippen LogP contribution in [-0.4, -0.2) is 0 Å². The summed E-state index contributed by atoms with van der Waals surface area (Å²) in [5.41, 5.74) is 0. The van der Waals surface area contributed by atoms with Crippen LogP contribution in [0.1, 0.15) is 0 Å². The first-order valence-corrected chi connectivity index (χ1v) is 2.40. The lowest BCUT2D eigenvalue weighted by Gasteiger charge is -1.55. The first-order chi connectivity index (χ1) is 2.91. The molecular weight excluding hydrogens is 95.0 g/mol. The van der Waals surface area contributed by atoms with Crippen molar-refractivity contribution in [1.29, 1.82) is 0 Å². The molecule has 0 amide bonds. The smallest absolute Gasteiger partial charge is 0.184 e. The van der Waals surface area contributed by atoms with E-state index in [2.05, 4.69) is 6.58 Å². The molecule has 0 radical (unpaired) electrons. The van der Waals surface area contributed by atoms with Gasteiger partial charge in [-0.15, -0.1) is 0 Å². The van der Waals surface area contributed by atoms with Crippen molar-refractivity contribution >= 4 is 8.46 Å². The van der Waals surface area contributed by atoms with Crippen molar-refractivity contribution in [2.75, 3.05) is 0 Å². The van der Waals surface area contributed by atoms with Gasteiger partial charge in [-0.2, -0.15) is 0 Å². The van der Waals surface area contributed by atoms with Gasteiger partial charge in [0.1, 0.15) is 0 Å². The van der Waals surface area contributed by atoms with E-state index in [1.165, 1.54) is 5.82 Å². The summed E-state index contributed by atoms with van der Waals surface area (Å²) in [5.74, 6) is 1.48. The minimum Gasteiger partial charge on any atom is -0.270 e. The van der Waals surface area contributed by atoms with E-state index in [0.29, 0.717) is 0 Å². The average molecular weight is 100 g/mol. The number of hydrogen-bond acceptors (Lipinski definition) is 1. The molecule has 0 bridgehead atoms. The highest BCUT2D eigenvalue weighted by molar-refractivity contribution is 7.27. The Morgan fingerprint density at radius 2 is 2.33 bits per heavy atom. The first-order valence-electron chi connectivity index (χ1n) is 1.52. The predicted molar refractivity (Wildman–Crippen MR) is 26.9 cm³/mol. The molecule has 2 heteroatoms. The van der Waals surface area contributed by atoms with E-state index in [1.54, 1.807) is 12.2 Å². The van der Waals surface area contributed by atoms with Gasteiger partial charge in [0.05, 0.1) is 0 Å². The molecule has 0 aliphatic heterocycles. The van der Waals surface area contributed by atoms with Crippen LogP contribution < -0.4 is 0 Å². The third-order valence-corrected chi connectivity index (χ3v) is 0.577. The van der Waals surface area contributed by atoms with Gasteiger partial charge in [-0.1, -0.05) is 18.7 Å². The van der Waals surface area contributed by atoms with Gasteiger partial charge in [0, 0.05) is 5.82 Å². The minimum absolute atomic E-state index is 0.0436. The molecule has 0 aromatic heterocycles. The molecule has 0 atom stereocenters. The second-order valence-corrected chi connectivity index (χ2v) is 1.19. The molecule has 0 spiro atoms. The summed E-state index contributed by atoms with van der Waals surface area (Å²) in [6.07, 6.45) is 3.19. The van der Waals surface area contributed by atoms with E-state index in [4.69, 9.17) is 0 Å². The highest BCUT2D eigenvalue weighted by atomic mass is 31.1. The van der Waals surface area contributed by atoms with Crippen LogP contribution in [0.25, 0.3) is 0 Å². The summed E-state index contributed by atoms with van der Waals surface area (Å²) in [7, 11) is 0.0436. The summed E-state index contributed by atoms with van der Waals surface area (Å²) < 4.78 is 9.53. The summed E-state index contributed by atoms with van der Waals surface area (Å²) in [6, 6.07) is 0. The third kappa shape index (κ3) is 3.58. The Labute approximate surface area is 38.6 Å². The van der Waals surface area contributed by atoms with Crippen LogP contribution in [0.4, 0.5) is 0 Å². The molecule has 0 aromatic rings. The standard InChI is InChI=1S/C4H5OP/c1-2-3-4-6-5/h2-4H,1H2. The molecule has 32 valence electrons. The van der Waals surface area contributed by atoms with Crippen molar-refractivity contribution in [2.45, 2.75) is 0 Å². The number of allylic oxidation sites excluding steroid dienone is 2. The van der Waals surface area contributed by atoms with Crippen molar-refractivity contribution in [1.82, 2.24) is 0 Å². The maximum absolute atomic E-state index is 9.53. The summed E-state index contributed by atoms with van der Waals surface area (Å²) >= 11 is 0. The Kier molecular flexibility index (Phi) is 4.26. The van der Waals surface area contributed by atoms with Crippen molar-refractivity contribution in [3.63, 3.8) is 0 Å². The van der Waals surface area contributed by atoms with Crippen LogP contribution in [0.5, 0.6) is 0 Å². The van der Waals surface area contributed by atoms with E-state index in [1.807, 2.05) is 0 Å². The molecule has 0 N–H and O–H groups in total. The van der Waals surface area contributed by atoms with Gasteiger partial charge in [-0.05, 0) is 0 Å². The van der Waals surface area contributed by atoms with Gasteiger partial charge in [0.15, 0.2) is 8.46 Å². The van der Waals surface area contributed by atoms with Crippen LogP contribution in [0.2, 0.25) is 0 Å². The summed E-state index contributed by atoms with van der Waals surface area (Å²) in [4.78, 5) is 0. The van der Waals surface area contributed by atoms with Crippen LogP contribution in [0.3, 0.4) is 0 Å². The minimum atomic E-state index is 0.0436. The van der Waals surface area contributed by atoms with Gasteiger partial charge in [-0.3, -0.25) is 4.57 Å². The Hall–Kier alpha value is -0.420. The molecule has 0 aliphatic rings. The van der Waals surface area contributed by atoms with Gasteiger partial charge in [-0.25, -0.2) is 0 Å². The lowest BCUT2D eigenvalue weighted by molar-refractivity contribution is 0.603. The predicted octanol–water partition coefficient (Wildman–Crippen LogP) is 1.98. The monoisotopic (exact) mass is 100 g/mol. The second kappa shape index (κ2) is 4.58. The number of hydrogen-bond donors (Lipinski definition) is 0. The lowest BCUT2D eigenvalue weighted by Crippen LogP contribution is -1.30. The van der Waals surface area contributed by atoms with E-state index < -0.39 is 0 Å².